The van der Waals surface area contributed by atoms with E-state index in [1.165, 1.54) is 0 Å². The highest BCUT2D eigenvalue weighted by atomic mass is 16.5. The highest BCUT2D eigenvalue weighted by Crippen LogP contribution is 2.23. The summed E-state index contributed by atoms with van der Waals surface area (Å²) in [7, 11) is 1.62. The molecule has 4 N–H and O–H groups in total. The first-order valence-electron chi connectivity index (χ1n) is 7.66. The molecule has 0 radical (unpaired) electrons. The van der Waals surface area contributed by atoms with Crippen molar-refractivity contribution < 1.29 is 4.74 Å². The molecule has 0 fully saturated rings. The predicted octanol–water partition coefficient (Wildman–Crippen LogP) is 2.78. The van der Waals surface area contributed by atoms with Gasteiger partial charge in [-0.05, 0) is 42.0 Å². The molecular weight excluding hydrogens is 314 g/mol. The first kappa shape index (κ1) is 16.3. The van der Waals surface area contributed by atoms with Crippen LogP contribution in [-0.2, 0) is 6.42 Å². The van der Waals surface area contributed by atoms with Crippen LogP contribution in [0.5, 0.6) is 5.75 Å². The van der Waals surface area contributed by atoms with Crippen LogP contribution in [0.2, 0.25) is 0 Å². The third-order valence-electron chi connectivity index (χ3n) is 3.82. The fourth-order valence-corrected chi connectivity index (χ4v) is 2.47. The average molecular weight is 331 g/mol. The molecule has 3 aromatic rings. The highest BCUT2D eigenvalue weighted by molar-refractivity contribution is 5.63. The fraction of sp³-hybridized carbons (Fsp3) is 0.105. The predicted molar refractivity (Wildman–Crippen MR) is 96.8 cm³/mol. The topological polar surface area (TPSA) is 111 Å². The molecule has 3 rings (SSSR count). The first-order chi connectivity index (χ1) is 12.1. The Balaban J connectivity index is 2.01. The molecule has 0 aliphatic heterocycles. The van der Waals surface area contributed by atoms with Crippen LogP contribution in [0.15, 0.2) is 48.5 Å². The minimum atomic E-state index is 0.174. The van der Waals surface area contributed by atoms with E-state index in [0.717, 1.165) is 16.9 Å². The zero-order chi connectivity index (χ0) is 17.8. The lowest BCUT2D eigenvalue weighted by atomic mass is 10.1. The summed E-state index contributed by atoms with van der Waals surface area (Å²) in [6.45, 7) is 0. The number of aromatic nitrogens is 2. The molecule has 0 atom stereocenters. The van der Waals surface area contributed by atoms with Crippen LogP contribution in [0.25, 0.3) is 11.4 Å². The van der Waals surface area contributed by atoms with Gasteiger partial charge in [0.25, 0.3) is 0 Å². The molecule has 0 saturated carbocycles. The number of nitriles is 1. The molecule has 2 aromatic carbocycles. The molecule has 0 amide bonds. The lowest BCUT2D eigenvalue weighted by molar-refractivity contribution is 0.414. The van der Waals surface area contributed by atoms with Gasteiger partial charge in [-0.1, -0.05) is 12.1 Å². The number of nitrogens with two attached hydrogens (primary N) is 2. The molecule has 25 heavy (non-hydrogen) atoms. The Morgan fingerprint density at radius 2 is 1.68 bits per heavy atom. The Hall–Kier alpha value is -3.59. The van der Waals surface area contributed by atoms with E-state index in [-0.39, 0.29) is 5.82 Å². The number of benzene rings is 2. The molecule has 0 spiro atoms. The van der Waals surface area contributed by atoms with Gasteiger partial charge in [0.1, 0.15) is 23.2 Å². The highest BCUT2D eigenvalue weighted by Gasteiger charge is 2.14. The van der Waals surface area contributed by atoms with E-state index in [0.29, 0.717) is 29.2 Å². The largest absolute Gasteiger partial charge is 0.497 e. The second-order valence-corrected chi connectivity index (χ2v) is 5.51. The number of methoxy groups -OCH3 is 1. The zero-order valence-corrected chi connectivity index (χ0v) is 13.7. The maximum atomic E-state index is 9.41. The monoisotopic (exact) mass is 331 g/mol. The Labute approximate surface area is 145 Å². The van der Waals surface area contributed by atoms with Crippen LogP contribution >= 0.6 is 0 Å². The van der Waals surface area contributed by atoms with Gasteiger partial charge in [-0.2, -0.15) is 5.26 Å². The molecule has 0 saturated heterocycles. The fourth-order valence-electron chi connectivity index (χ4n) is 2.47. The second-order valence-electron chi connectivity index (χ2n) is 5.51. The minimum absolute atomic E-state index is 0.174. The lowest BCUT2D eigenvalue weighted by Gasteiger charge is -2.09. The smallest absolute Gasteiger partial charge is 0.161 e. The minimum Gasteiger partial charge on any atom is -0.497 e. The normalized spacial score (nSPS) is 10.2. The summed E-state index contributed by atoms with van der Waals surface area (Å²) in [6.07, 6.45) is 0.474. The van der Waals surface area contributed by atoms with Gasteiger partial charge in [-0.15, -0.1) is 0 Å². The maximum absolute atomic E-state index is 9.41. The third kappa shape index (κ3) is 3.51. The van der Waals surface area contributed by atoms with Crippen LogP contribution in [0, 0.1) is 11.3 Å². The molecule has 124 valence electrons. The van der Waals surface area contributed by atoms with Crippen LogP contribution in [0.4, 0.5) is 11.5 Å². The van der Waals surface area contributed by atoms with Gasteiger partial charge < -0.3 is 16.2 Å². The van der Waals surface area contributed by atoms with Gasteiger partial charge >= 0.3 is 0 Å². The summed E-state index contributed by atoms with van der Waals surface area (Å²) in [5, 5.41) is 9.41. The van der Waals surface area contributed by atoms with Crippen molar-refractivity contribution in [3.63, 3.8) is 0 Å². The summed E-state index contributed by atoms with van der Waals surface area (Å²) in [5.74, 6) is 1.42. The molecule has 6 nitrogen and oxygen atoms in total. The second kappa shape index (κ2) is 6.89. The molecule has 0 bridgehead atoms. The maximum Gasteiger partial charge on any atom is 0.161 e. The van der Waals surface area contributed by atoms with Crippen molar-refractivity contribution in [2.24, 2.45) is 0 Å². The first-order valence-corrected chi connectivity index (χ1v) is 7.66. The van der Waals surface area contributed by atoms with Crippen molar-refractivity contribution in [2.45, 2.75) is 6.42 Å². The Morgan fingerprint density at radius 3 is 2.28 bits per heavy atom. The van der Waals surface area contributed by atoms with E-state index in [4.69, 9.17) is 16.2 Å². The Morgan fingerprint density at radius 1 is 1.00 bits per heavy atom. The van der Waals surface area contributed by atoms with Crippen LogP contribution in [0.1, 0.15) is 16.8 Å². The van der Waals surface area contributed by atoms with E-state index >= 15 is 0 Å². The quantitative estimate of drug-likeness (QED) is 0.711. The standard InChI is InChI=1S/C19H17N5O/c1-25-15-8-2-12(3-9-15)10-17-16(11-20)18(22)24-19(23-17)13-4-6-14(21)7-5-13/h2-9H,10,21H2,1H3,(H2,22,23,24). The van der Waals surface area contributed by atoms with Crippen LogP contribution in [-0.4, -0.2) is 17.1 Å². The van der Waals surface area contributed by atoms with E-state index < -0.39 is 0 Å². The lowest BCUT2D eigenvalue weighted by Crippen LogP contribution is -2.06. The van der Waals surface area contributed by atoms with Gasteiger partial charge in [0.2, 0.25) is 0 Å². The number of nitrogen functional groups attached to an aromatic ring is 2. The van der Waals surface area contributed by atoms with Crippen LogP contribution < -0.4 is 16.2 Å². The summed E-state index contributed by atoms with van der Waals surface area (Å²) in [6, 6.07) is 16.9. The molecule has 6 heteroatoms. The zero-order valence-electron chi connectivity index (χ0n) is 13.7. The van der Waals surface area contributed by atoms with Crippen molar-refractivity contribution in [1.82, 2.24) is 9.97 Å². The summed E-state index contributed by atoms with van der Waals surface area (Å²) < 4.78 is 5.16. The number of hydrogen-bond acceptors (Lipinski definition) is 6. The summed E-state index contributed by atoms with van der Waals surface area (Å²) >= 11 is 0. The van der Waals surface area contributed by atoms with Gasteiger partial charge in [-0.25, -0.2) is 9.97 Å². The molecule has 1 aromatic heterocycles. The van der Waals surface area contributed by atoms with Crippen molar-refractivity contribution >= 4 is 11.5 Å². The van der Waals surface area contributed by atoms with E-state index in [1.807, 2.05) is 36.4 Å². The number of nitrogens with zero attached hydrogens (tertiary/aromatic N) is 3. The number of anilines is 2. The van der Waals surface area contributed by atoms with Gasteiger partial charge in [0.05, 0.1) is 12.8 Å². The van der Waals surface area contributed by atoms with Crippen molar-refractivity contribution in [1.29, 1.82) is 5.26 Å². The van der Waals surface area contributed by atoms with Gasteiger partial charge in [0.15, 0.2) is 5.82 Å². The molecule has 1 heterocycles. The van der Waals surface area contributed by atoms with Crippen molar-refractivity contribution in [3.05, 3.63) is 65.4 Å². The van der Waals surface area contributed by atoms with E-state index in [1.54, 1.807) is 19.2 Å². The molecule has 0 aliphatic rings. The molecule has 0 unspecified atom stereocenters. The number of rotatable bonds is 4. The van der Waals surface area contributed by atoms with Crippen LogP contribution in [0.3, 0.4) is 0 Å². The van der Waals surface area contributed by atoms with Gasteiger partial charge in [-0.3, -0.25) is 0 Å². The number of ether oxygens (including phenoxy) is 1. The average Bonchev–Trinajstić information content (AvgIpc) is 2.63. The Bertz CT molecular complexity index is 928. The number of hydrogen-bond donors (Lipinski definition) is 2. The summed E-state index contributed by atoms with van der Waals surface area (Å²) in [4.78, 5) is 8.81. The van der Waals surface area contributed by atoms with E-state index in [9.17, 15) is 5.26 Å². The SMILES string of the molecule is COc1ccc(Cc2nc(-c3ccc(N)cc3)nc(N)c2C#N)cc1. The molecular formula is C19H17N5O. The van der Waals surface area contributed by atoms with Crippen molar-refractivity contribution in [3.8, 4) is 23.2 Å². The molecule has 0 aliphatic carbocycles. The van der Waals surface area contributed by atoms with Crippen molar-refractivity contribution in [2.75, 3.05) is 18.6 Å². The third-order valence-corrected chi connectivity index (χ3v) is 3.82. The van der Waals surface area contributed by atoms with E-state index in [2.05, 4.69) is 16.0 Å². The summed E-state index contributed by atoms with van der Waals surface area (Å²) in [5.41, 5.74) is 15.0. The Kier molecular flexibility index (Phi) is 4.48. The van der Waals surface area contributed by atoms with Gasteiger partial charge in [0, 0.05) is 17.7 Å².